The summed E-state index contributed by atoms with van der Waals surface area (Å²) in [5, 5.41) is 0. The van der Waals surface area contributed by atoms with Crippen LogP contribution in [0.25, 0.3) is 6.08 Å². The van der Waals surface area contributed by atoms with Gasteiger partial charge >= 0.3 is 5.97 Å². The van der Waals surface area contributed by atoms with Gasteiger partial charge in [-0.3, -0.25) is 0 Å². The second-order valence-electron chi connectivity index (χ2n) is 2.69. The number of ether oxygens (including phenoxy) is 1. The predicted molar refractivity (Wildman–Crippen MR) is 56.7 cm³/mol. The zero-order chi connectivity index (χ0) is 10.6. The van der Waals surface area contributed by atoms with E-state index in [9.17, 15) is 4.79 Å². The van der Waals surface area contributed by atoms with Crippen molar-refractivity contribution < 1.29 is 13.9 Å². The second kappa shape index (κ2) is 5.00. The number of furan rings is 1. The molecule has 0 aromatic carbocycles. The topological polar surface area (TPSA) is 39.4 Å². The van der Waals surface area contributed by atoms with Gasteiger partial charge in [-0.2, -0.15) is 0 Å². The third kappa shape index (κ3) is 3.03. The Bertz CT molecular complexity index is 352. The molecule has 0 aliphatic carbocycles. The Morgan fingerprint density at radius 1 is 1.64 bits per heavy atom. The summed E-state index contributed by atoms with van der Waals surface area (Å²) in [6.45, 7) is 3.84. The zero-order valence-electron chi connectivity index (χ0n) is 8.04. The SMILES string of the molecule is CCOC(=O)/C(C)=C\c1ccc(Br)o1. The van der Waals surface area contributed by atoms with E-state index >= 15 is 0 Å². The fourth-order valence-corrected chi connectivity index (χ4v) is 1.24. The third-order valence-electron chi connectivity index (χ3n) is 1.55. The Morgan fingerprint density at radius 2 is 2.36 bits per heavy atom. The zero-order valence-corrected chi connectivity index (χ0v) is 9.63. The van der Waals surface area contributed by atoms with E-state index in [-0.39, 0.29) is 5.97 Å². The maximum absolute atomic E-state index is 11.2. The summed E-state index contributed by atoms with van der Waals surface area (Å²) in [6, 6.07) is 3.54. The van der Waals surface area contributed by atoms with Gasteiger partial charge in [-0.1, -0.05) is 0 Å². The molecule has 4 heteroatoms. The summed E-state index contributed by atoms with van der Waals surface area (Å²) < 4.78 is 10.7. The lowest BCUT2D eigenvalue weighted by Gasteiger charge is -1.99. The molecule has 0 saturated carbocycles. The first-order valence-corrected chi connectivity index (χ1v) is 5.03. The van der Waals surface area contributed by atoms with E-state index in [4.69, 9.17) is 9.15 Å². The first kappa shape index (κ1) is 11.0. The number of esters is 1. The van der Waals surface area contributed by atoms with E-state index in [1.54, 1.807) is 32.1 Å². The highest BCUT2D eigenvalue weighted by atomic mass is 79.9. The van der Waals surface area contributed by atoms with Crippen LogP contribution in [0.1, 0.15) is 19.6 Å². The predicted octanol–water partition coefficient (Wildman–Crippen LogP) is 3.01. The first-order chi connectivity index (χ1) is 6.63. The Kier molecular flexibility index (Phi) is 3.95. The van der Waals surface area contributed by atoms with Gasteiger partial charge in [0.1, 0.15) is 5.76 Å². The molecule has 3 nitrogen and oxygen atoms in total. The molecular weight excluding hydrogens is 248 g/mol. The van der Waals surface area contributed by atoms with Crippen molar-refractivity contribution in [2.45, 2.75) is 13.8 Å². The van der Waals surface area contributed by atoms with Crippen LogP contribution in [-0.4, -0.2) is 12.6 Å². The van der Waals surface area contributed by atoms with E-state index in [0.717, 1.165) is 0 Å². The lowest BCUT2D eigenvalue weighted by atomic mass is 10.2. The molecule has 0 aliphatic heterocycles. The van der Waals surface area contributed by atoms with Crippen molar-refractivity contribution in [2.24, 2.45) is 0 Å². The normalized spacial score (nSPS) is 11.5. The van der Waals surface area contributed by atoms with Crippen molar-refractivity contribution >= 4 is 28.0 Å². The van der Waals surface area contributed by atoms with Crippen molar-refractivity contribution in [1.29, 1.82) is 0 Å². The maximum Gasteiger partial charge on any atom is 0.333 e. The van der Waals surface area contributed by atoms with Crippen LogP contribution in [0.5, 0.6) is 0 Å². The summed E-state index contributed by atoms with van der Waals surface area (Å²) in [6.07, 6.45) is 1.64. The molecular formula is C10H11BrO3. The molecule has 0 saturated heterocycles. The Morgan fingerprint density at radius 3 is 2.86 bits per heavy atom. The number of hydrogen-bond acceptors (Lipinski definition) is 3. The van der Waals surface area contributed by atoms with Gasteiger partial charge in [-0.15, -0.1) is 0 Å². The van der Waals surface area contributed by atoms with Crippen molar-refractivity contribution in [3.05, 3.63) is 28.1 Å². The van der Waals surface area contributed by atoms with Gasteiger partial charge in [-0.05, 0) is 48.0 Å². The minimum absolute atomic E-state index is 0.319. The number of halogens is 1. The monoisotopic (exact) mass is 258 g/mol. The number of rotatable bonds is 3. The molecule has 1 rings (SSSR count). The van der Waals surface area contributed by atoms with Crippen LogP contribution in [0, 0.1) is 0 Å². The molecule has 0 aliphatic rings. The van der Waals surface area contributed by atoms with E-state index in [2.05, 4.69) is 15.9 Å². The van der Waals surface area contributed by atoms with Crippen molar-refractivity contribution in [2.75, 3.05) is 6.61 Å². The fraction of sp³-hybridized carbons (Fsp3) is 0.300. The van der Waals surface area contributed by atoms with Gasteiger partial charge in [0.25, 0.3) is 0 Å². The second-order valence-corrected chi connectivity index (χ2v) is 3.47. The van der Waals surface area contributed by atoms with Crippen molar-refractivity contribution in [3.63, 3.8) is 0 Å². The van der Waals surface area contributed by atoms with Crippen molar-refractivity contribution in [1.82, 2.24) is 0 Å². The maximum atomic E-state index is 11.2. The van der Waals surface area contributed by atoms with Crippen LogP contribution in [0.3, 0.4) is 0 Å². The Labute approximate surface area is 90.9 Å². The van der Waals surface area contributed by atoms with Gasteiger partial charge in [0.2, 0.25) is 0 Å². The van der Waals surface area contributed by atoms with Gasteiger partial charge < -0.3 is 9.15 Å². The Balaban J connectivity index is 2.73. The largest absolute Gasteiger partial charge is 0.463 e. The van der Waals surface area contributed by atoms with Gasteiger partial charge in [-0.25, -0.2) is 4.79 Å². The van der Waals surface area contributed by atoms with E-state index in [0.29, 0.717) is 22.6 Å². The number of carbonyl (C=O) groups excluding carboxylic acids is 1. The molecule has 1 aromatic rings. The molecule has 0 amide bonds. The average molecular weight is 259 g/mol. The highest BCUT2D eigenvalue weighted by molar-refractivity contribution is 9.10. The minimum atomic E-state index is -0.319. The molecule has 76 valence electrons. The summed E-state index contributed by atoms with van der Waals surface area (Å²) in [5.74, 6) is 0.308. The van der Waals surface area contributed by atoms with E-state index in [1.165, 1.54) is 0 Å². The molecule has 1 aromatic heterocycles. The standard InChI is InChI=1S/C10H11BrO3/c1-3-13-10(12)7(2)6-8-4-5-9(11)14-8/h4-6H,3H2,1-2H3/b7-6-. The number of hydrogen-bond donors (Lipinski definition) is 0. The van der Waals surface area contributed by atoms with Crippen molar-refractivity contribution in [3.8, 4) is 0 Å². The van der Waals surface area contributed by atoms with Crippen LogP contribution in [0.4, 0.5) is 0 Å². The highest BCUT2D eigenvalue weighted by Gasteiger charge is 2.05. The van der Waals surface area contributed by atoms with Crippen LogP contribution < -0.4 is 0 Å². The lowest BCUT2D eigenvalue weighted by Crippen LogP contribution is -2.04. The summed E-state index contributed by atoms with van der Waals surface area (Å²) in [7, 11) is 0. The summed E-state index contributed by atoms with van der Waals surface area (Å²) in [5.41, 5.74) is 0.522. The molecule has 0 fully saturated rings. The average Bonchev–Trinajstić information content (AvgIpc) is 2.51. The summed E-state index contributed by atoms with van der Waals surface area (Å²) >= 11 is 3.18. The third-order valence-corrected chi connectivity index (χ3v) is 1.98. The highest BCUT2D eigenvalue weighted by Crippen LogP contribution is 2.16. The molecule has 0 atom stereocenters. The fourth-order valence-electron chi connectivity index (χ4n) is 0.923. The lowest BCUT2D eigenvalue weighted by molar-refractivity contribution is -0.138. The van der Waals surface area contributed by atoms with Gasteiger partial charge in [0.05, 0.1) is 6.61 Å². The van der Waals surface area contributed by atoms with Crippen LogP contribution in [-0.2, 0) is 9.53 Å². The quantitative estimate of drug-likeness (QED) is 0.618. The van der Waals surface area contributed by atoms with Crippen LogP contribution >= 0.6 is 15.9 Å². The smallest absolute Gasteiger partial charge is 0.333 e. The molecule has 1 heterocycles. The molecule has 14 heavy (non-hydrogen) atoms. The molecule has 0 bridgehead atoms. The van der Waals surface area contributed by atoms with Gasteiger partial charge in [0.15, 0.2) is 4.67 Å². The molecule has 0 radical (unpaired) electrons. The van der Waals surface area contributed by atoms with Gasteiger partial charge in [0, 0.05) is 5.57 Å². The molecule has 0 N–H and O–H groups in total. The minimum Gasteiger partial charge on any atom is -0.463 e. The first-order valence-electron chi connectivity index (χ1n) is 4.24. The Hall–Kier alpha value is -1.03. The van der Waals surface area contributed by atoms with E-state index in [1.807, 2.05) is 0 Å². The molecule has 0 spiro atoms. The van der Waals surface area contributed by atoms with E-state index < -0.39 is 0 Å². The van der Waals surface area contributed by atoms with Crippen LogP contribution in [0.15, 0.2) is 26.8 Å². The molecule has 0 unspecified atom stereocenters. The number of carbonyl (C=O) groups is 1. The van der Waals surface area contributed by atoms with Crippen LogP contribution in [0.2, 0.25) is 0 Å². The summed E-state index contributed by atoms with van der Waals surface area (Å²) in [4.78, 5) is 11.2.